The van der Waals surface area contributed by atoms with Crippen molar-refractivity contribution in [2.24, 2.45) is 0 Å². The molecule has 0 spiro atoms. The number of carboxylic acids is 1. The second-order valence-corrected chi connectivity index (χ2v) is 2.17. The lowest BCUT2D eigenvalue weighted by atomic mass is 10.5. The zero-order valence-electron chi connectivity index (χ0n) is 6.27. The van der Waals surface area contributed by atoms with E-state index >= 15 is 0 Å². The van der Waals surface area contributed by atoms with Crippen molar-refractivity contribution in [1.82, 2.24) is 15.0 Å². The van der Waals surface area contributed by atoms with Crippen molar-refractivity contribution in [2.75, 3.05) is 6.67 Å². The molecule has 0 saturated heterocycles. The number of carbonyl (C=O) groups is 1. The van der Waals surface area contributed by atoms with Gasteiger partial charge in [0.05, 0.1) is 19.4 Å². The molecule has 0 aromatic carbocycles. The van der Waals surface area contributed by atoms with Crippen LogP contribution in [0, 0.1) is 0 Å². The Bertz CT molecular complexity index is 274. The first kappa shape index (κ1) is 8.63. The number of hydrogen-bond acceptors (Lipinski definition) is 3. The standard InChI is InChI=1S/C6H8FN3O2/c7-2-1-3-10-8-4-5(9-10)6(11)12/h4H,1-3H2,(H,11,12). The fourth-order valence-corrected chi connectivity index (χ4v) is 0.704. The first-order valence-corrected chi connectivity index (χ1v) is 3.43. The van der Waals surface area contributed by atoms with Gasteiger partial charge in [0.15, 0.2) is 5.69 Å². The summed E-state index contributed by atoms with van der Waals surface area (Å²) in [5.74, 6) is -1.12. The highest BCUT2D eigenvalue weighted by atomic mass is 19.1. The third-order valence-corrected chi connectivity index (χ3v) is 1.25. The summed E-state index contributed by atoms with van der Waals surface area (Å²) >= 11 is 0. The predicted molar refractivity (Wildman–Crippen MR) is 37.6 cm³/mol. The number of alkyl halides is 1. The number of rotatable bonds is 4. The van der Waals surface area contributed by atoms with Gasteiger partial charge in [-0.15, -0.1) is 5.10 Å². The Hall–Kier alpha value is -1.46. The zero-order chi connectivity index (χ0) is 8.97. The summed E-state index contributed by atoms with van der Waals surface area (Å²) in [6.07, 6.45) is 1.44. The molecule has 0 atom stereocenters. The van der Waals surface area contributed by atoms with Crippen LogP contribution in [0.1, 0.15) is 16.9 Å². The van der Waals surface area contributed by atoms with Gasteiger partial charge in [0.2, 0.25) is 0 Å². The number of aromatic carboxylic acids is 1. The van der Waals surface area contributed by atoms with E-state index in [1.807, 2.05) is 0 Å². The summed E-state index contributed by atoms with van der Waals surface area (Å²) in [5, 5.41) is 15.7. The van der Waals surface area contributed by atoms with E-state index in [-0.39, 0.29) is 5.69 Å². The first-order valence-electron chi connectivity index (χ1n) is 3.43. The Morgan fingerprint density at radius 3 is 3.00 bits per heavy atom. The van der Waals surface area contributed by atoms with E-state index in [1.54, 1.807) is 0 Å². The number of aromatic nitrogens is 3. The van der Waals surface area contributed by atoms with Crippen LogP contribution in [-0.2, 0) is 6.54 Å². The van der Waals surface area contributed by atoms with Crippen LogP contribution in [0.4, 0.5) is 4.39 Å². The Kier molecular flexibility index (Phi) is 2.73. The molecule has 1 N–H and O–H groups in total. The first-order chi connectivity index (χ1) is 5.74. The second kappa shape index (κ2) is 3.80. The van der Waals surface area contributed by atoms with Crippen molar-refractivity contribution in [2.45, 2.75) is 13.0 Å². The van der Waals surface area contributed by atoms with E-state index in [2.05, 4.69) is 10.2 Å². The van der Waals surface area contributed by atoms with Gasteiger partial charge in [-0.3, -0.25) is 4.39 Å². The minimum absolute atomic E-state index is 0.117. The van der Waals surface area contributed by atoms with Crippen molar-refractivity contribution in [3.8, 4) is 0 Å². The van der Waals surface area contributed by atoms with Crippen LogP contribution in [0.25, 0.3) is 0 Å². The zero-order valence-corrected chi connectivity index (χ0v) is 6.27. The van der Waals surface area contributed by atoms with Crippen LogP contribution >= 0.6 is 0 Å². The summed E-state index contributed by atoms with van der Waals surface area (Å²) in [6, 6.07) is 0. The maximum atomic E-state index is 11.7. The molecule has 0 aliphatic carbocycles. The molecule has 0 bridgehead atoms. The summed E-state index contributed by atoms with van der Waals surface area (Å²) in [5.41, 5.74) is -0.117. The van der Waals surface area contributed by atoms with Crippen LogP contribution < -0.4 is 0 Å². The minimum Gasteiger partial charge on any atom is -0.476 e. The van der Waals surface area contributed by atoms with Crippen LogP contribution in [-0.4, -0.2) is 32.7 Å². The maximum absolute atomic E-state index is 11.7. The second-order valence-electron chi connectivity index (χ2n) is 2.17. The van der Waals surface area contributed by atoms with E-state index in [0.29, 0.717) is 13.0 Å². The highest BCUT2D eigenvalue weighted by Crippen LogP contribution is 1.92. The van der Waals surface area contributed by atoms with Crippen LogP contribution in [0.5, 0.6) is 0 Å². The molecule has 12 heavy (non-hydrogen) atoms. The Morgan fingerprint density at radius 1 is 1.75 bits per heavy atom. The molecule has 6 heteroatoms. The molecule has 0 amide bonds. The molecule has 0 aliphatic rings. The quantitative estimate of drug-likeness (QED) is 0.712. The molecule has 1 rings (SSSR count). The van der Waals surface area contributed by atoms with Gasteiger partial charge < -0.3 is 5.11 Å². The van der Waals surface area contributed by atoms with Crippen molar-refractivity contribution < 1.29 is 14.3 Å². The highest BCUT2D eigenvalue weighted by molar-refractivity contribution is 5.84. The fraction of sp³-hybridized carbons (Fsp3) is 0.500. The number of carboxylic acid groups (broad SMARTS) is 1. The molecule has 0 saturated carbocycles. The monoisotopic (exact) mass is 173 g/mol. The topological polar surface area (TPSA) is 68.0 Å². The molecule has 5 nitrogen and oxygen atoms in total. The van der Waals surface area contributed by atoms with Crippen LogP contribution in [0.15, 0.2) is 6.20 Å². The van der Waals surface area contributed by atoms with Gasteiger partial charge in [0.25, 0.3) is 0 Å². The third kappa shape index (κ3) is 2.01. The van der Waals surface area contributed by atoms with Gasteiger partial charge in [-0.25, -0.2) is 4.79 Å². The summed E-state index contributed by atoms with van der Waals surface area (Å²) in [6.45, 7) is -0.145. The van der Waals surface area contributed by atoms with Crippen LogP contribution in [0.3, 0.4) is 0 Å². The lowest BCUT2D eigenvalue weighted by Gasteiger charge is -1.93. The number of nitrogens with zero attached hydrogens (tertiary/aromatic N) is 3. The normalized spacial score (nSPS) is 10.1. The number of hydrogen-bond donors (Lipinski definition) is 1. The largest absolute Gasteiger partial charge is 0.476 e. The van der Waals surface area contributed by atoms with E-state index in [9.17, 15) is 9.18 Å². The Morgan fingerprint density at radius 2 is 2.50 bits per heavy atom. The van der Waals surface area contributed by atoms with Gasteiger partial charge >= 0.3 is 5.97 Å². The molecule has 0 radical (unpaired) electrons. The smallest absolute Gasteiger partial charge is 0.358 e. The average molecular weight is 173 g/mol. The van der Waals surface area contributed by atoms with Crippen molar-refractivity contribution in [1.29, 1.82) is 0 Å². The predicted octanol–water partition coefficient (Wildman–Crippen LogP) is 0.336. The van der Waals surface area contributed by atoms with Crippen LogP contribution in [0.2, 0.25) is 0 Å². The van der Waals surface area contributed by atoms with Crippen molar-refractivity contribution in [3.05, 3.63) is 11.9 Å². The third-order valence-electron chi connectivity index (χ3n) is 1.25. The van der Waals surface area contributed by atoms with Gasteiger partial charge in [-0.05, 0) is 6.42 Å². The van der Waals surface area contributed by atoms with Gasteiger partial charge in [0.1, 0.15) is 0 Å². The Balaban J connectivity index is 2.58. The van der Waals surface area contributed by atoms with Gasteiger partial charge in [0, 0.05) is 0 Å². The Labute approximate surface area is 67.8 Å². The summed E-state index contributed by atoms with van der Waals surface area (Å²) < 4.78 is 11.7. The highest BCUT2D eigenvalue weighted by Gasteiger charge is 2.06. The molecule has 0 aliphatic heterocycles. The molecule has 66 valence electrons. The molecular formula is C6H8FN3O2. The van der Waals surface area contributed by atoms with Gasteiger partial charge in [-0.1, -0.05) is 0 Å². The van der Waals surface area contributed by atoms with E-state index in [0.717, 1.165) is 6.20 Å². The van der Waals surface area contributed by atoms with E-state index in [4.69, 9.17) is 5.11 Å². The van der Waals surface area contributed by atoms with Crippen molar-refractivity contribution >= 4 is 5.97 Å². The molecule has 1 heterocycles. The molecule has 0 unspecified atom stereocenters. The number of aryl methyl sites for hydroxylation is 1. The van der Waals surface area contributed by atoms with E-state index < -0.39 is 12.6 Å². The summed E-state index contributed by atoms with van der Waals surface area (Å²) in [4.78, 5) is 11.5. The minimum atomic E-state index is -1.12. The average Bonchev–Trinajstić information content (AvgIpc) is 2.48. The summed E-state index contributed by atoms with van der Waals surface area (Å²) in [7, 11) is 0. The lowest BCUT2D eigenvalue weighted by Crippen LogP contribution is -2.05. The SMILES string of the molecule is O=C(O)c1cnn(CCCF)n1. The molecule has 1 aromatic rings. The maximum Gasteiger partial charge on any atom is 0.358 e. The van der Waals surface area contributed by atoms with Gasteiger partial charge in [-0.2, -0.15) is 9.90 Å². The molecular weight excluding hydrogens is 165 g/mol. The lowest BCUT2D eigenvalue weighted by molar-refractivity contribution is 0.0689. The fourth-order valence-electron chi connectivity index (χ4n) is 0.704. The number of halogens is 1. The molecule has 1 aromatic heterocycles. The molecule has 0 fully saturated rings. The van der Waals surface area contributed by atoms with Crippen molar-refractivity contribution in [3.63, 3.8) is 0 Å². The van der Waals surface area contributed by atoms with E-state index in [1.165, 1.54) is 4.80 Å².